The topological polar surface area (TPSA) is 17.1 Å². The monoisotopic (exact) mass is 250 g/mol. The highest BCUT2D eigenvalue weighted by Gasteiger charge is 1.96. The highest BCUT2D eigenvalue weighted by atomic mass is 79.9. The van der Waals surface area contributed by atoms with Crippen molar-refractivity contribution in [2.45, 2.75) is 6.92 Å². The Balaban J connectivity index is 2.92. The lowest BCUT2D eigenvalue weighted by molar-refractivity contribution is -0.110. The average molecular weight is 251 g/mol. The smallest absolute Gasteiger partial charge is 0.178 e. The lowest BCUT2D eigenvalue weighted by Gasteiger charge is -1.99. The van der Waals surface area contributed by atoms with Crippen molar-refractivity contribution in [3.8, 4) is 0 Å². The molecule has 0 N–H and O–H groups in total. The molecule has 0 saturated carbocycles. The maximum Gasteiger partial charge on any atom is 0.178 e. The first-order chi connectivity index (χ1) is 6.63. The third-order valence-corrected chi connectivity index (χ3v) is 2.47. The Morgan fingerprint density at radius 2 is 2.21 bits per heavy atom. The summed E-state index contributed by atoms with van der Waals surface area (Å²) >= 11 is 3.43. The predicted octanol–water partition coefficient (Wildman–Crippen LogP) is 3.53. The minimum atomic E-state index is -0.0857. The molecule has 0 aliphatic carbocycles. The number of ketones is 1. The van der Waals surface area contributed by atoms with E-state index >= 15 is 0 Å². The Labute approximate surface area is 92.3 Å². The van der Waals surface area contributed by atoms with Gasteiger partial charge in [-0.15, -0.1) is 0 Å². The molecule has 0 heterocycles. The average Bonchev–Trinajstić information content (AvgIpc) is 2.16. The van der Waals surface area contributed by atoms with Crippen LogP contribution >= 0.6 is 15.9 Å². The van der Waals surface area contributed by atoms with Gasteiger partial charge in [0.2, 0.25) is 0 Å². The largest absolute Gasteiger partial charge is 0.290 e. The van der Waals surface area contributed by atoms with Crippen molar-refractivity contribution in [2.24, 2.45) is 0 Å². The Kier molecular flexibility index (Phi) is 3.84. The van der Waals surface area contributed by atoms with Crippen LogP contribution in [0.1, 0.15) is 11.1 Å². The first kappa shape index (κ1) is 10.9. The van der Waals surface area contributed by atoms with Crippen LogP contribution in [0.4, 0.5) is 0 Å². The molecule has 72 valence electrons. The summed E-state index contributed by atoms with van der Waals surface area (Å²) in [5.41, 5.74) is 2.18. The second-order valence-electron chi connectivity index (χ2n) is 2.96. The van der Waals surface area contributed by atoms with E-state index in [1.807, 2.05) is 25.1 Å². The van der Waals surface area contributed by atoms with Crippen LogP contribution in [0.2, 0.25) is 0 Å². The summed E-state index contributed by atoms with van der Waals surface area (Å²) in [7, 11) is 0. The summed E-state index contributed by atoms with van der Waals surface area (Å²) in [4.78, 5) is 10.9. The molecule has 0 amide bonds. The maximum atomic E-state index is 10.9. The van der Waals surface area contributed by atoms with E-state index in [9.17, 15) is 4.79 Å². The van der Waals surface area contributed by atoms with Gasteiger partial charge in [0.25, 0.3) is 0 Å². The molecule has 0 fully saturated rings. The third-order valence-electron chi connectivity index (χ3n) is 1.78. The van der Waals surface area contributed by atoms with Crippen molar-refractivity contribution in [3.63, 3.8) is 0 Å². The molecule has 2 heteroatoms. The molecule has 0 unspecified atom stereocenters. The first-order valence-electron chi connectivity index (χ1n) is 4.24. The van der Waals surface area contributed by atoms with Gasteiger partial charge >= 0.3 is 0 Å². The summed E-state index contributed by atoms with van der Waals surface area (Å²) in [6, 6.07) is 5.98. The quantitative estimate of drug-likeness (QED) is 0.751. The van der Waals surface area contributed by atoms with Crippen LogP contribution in [0, 0.1) is 6.92 Å². The first-order valence-corrected chi connectivity index (χ1v) is 5.03. The van der Waals surface area contributed by atoms with Crippen LogP contribution in [0.15, 0.2) is 41.4 Å². The van der Waals surface area contributed by atoms with E-state index in [1.54, 1.807) is 6.08 Å². The van der Waals surface area contributed by atoms with Gasteiger partial charge in [-0.2, -0.15) is 0 Å². The Hall–Kier alpha value is -1.15. The van der Waals surface area contributed by atoms with E-state index in [0.717, 1.165) is 10.0 Å². The summed E-state index contributed by atoms with van der Waals surface area (Å²) in [6.07, 6.45) is 4.56. The number of aryl methyl sites for hydroxylation is 1. The lowest BCUT2D eigenvalue weighted by atomic mass is 10.1. The van der Waals surface area contributed by atoms with Crippen molar-refractivity contribution < 1.29 is 4.79 Å². The summed E-state index contributed by atoms with van der Waals surface area (Å²) in [5, 5.41) is 0. The zero-order chi connectivity index (χ0) is 10.6. The van der Waals surface area contributed by atoms with Gasteiger partial charge in [-0.25, -0.2) is 0 Å². The van der Waals surface area contributed by atoms with Gasteiger partial charge in [-0.05, 0) is 42.3 Å². The molecule has 1 nitrogen and oxygen atoms in total. The molecule has 0 aromatic heterocycles. The fourth-order valence-electron chi connectivity index (χ4n) is 1.01. The van der Waals surface area contributed by atoms with E-state index in [1.165, 1.54) is 17.7 Å². The fraction of sp³-hybridized carbons (Fsp3) is 0.0833. The minimum Gasteiger partial charge on any atom is -0.290 e. The number of carbonyl (C=O) groups excluding carboxylic acids is 1. The number of hydrogen-bond donors (Lipinski definition) is 0. The molecule has 1 rings (SSSR count). The van der Waals surface area contributed by atoms with E-state index in [0.29, 0.717) is 0 Å². The molecule has 0 bridgehead atoms. The Morgan fingerprint density at radius 3 is 2.79 bits per heavy atom. The van der Waals surface area contributed by atoms with Gasteiger partial charge in [0.1, 0.15) is 0 Å². The van der Waals surface area contributed by atoms with Gasteiger partial charge < -0.3 is 0 Å². The summed E-state index contributed by atoms with van der Waals surface area (Å²) in [6.45, 7) is 5.42. The second kappa shape index (κ2) is 4.91. The summed E-state index contributed by atoms with van der Waals surface area (Å²) < 4.78 is 0.991. The summed E-state index contributed by atoms with van der Waals surface area (Å²) in [5.74, 6) is -0.0857. The van der Waals surface area contributed by atoms with Gasteiger partial charge in [0, 0.05) is 4.47 Å². The maximum absolute atomic E-state index is 10.9. The standard InChI is InChI=1S/C12H11BrO/c1-3-11(14)7-6-10-5-4-9(2)8-12(10)13/h3-8H,1H2,2H3/b7-6+. The van der Waals surface area contributed by atoms with Crippen LogP contribution in [-0.4, -0.2) is 5.78 Å². The van der Waals surface area contributed by atoms with E-state index in [4.69, 9.17) is 0 Å². The number of carbonyl (C=O) groups is 1. The highest BCUT2D eigenvalue weighted by molar-refractivity contribution is 9.10. The van der Waals surface area contributed by atoms with Crippen LogP contribution < -0.4 is 0 Å². The van der Waals surface area contributed by atoms with Crippen molar-refractivity contribution in [1.29, 1.82) is 0 Å². The number of hydrogen-bond acceptors (Lipinski definition) is 1. The number of halogens is 1. The molecule has 0 saturated heterocycles. The normalized spacial score (nSPS) is 10.4. The lowest BCUT2D eigenvalue weighted by Crippen LogP contribution is -1.84. The molecule has 0 aliphatic heterocycles. The van der Waals surface area contributed by atoms with Crippen LogP contribution in [0.5, 0.6) is 0 Å². The number of rotatable bonds is 3. The zero-order valence-electron chi connectivity index (χ0n) is 7.96. The molecule has 0 radical (unpaired) electrons. The van der Waals surface area contributed by atoms with Crippen molar-refractivity contribution in [3.05, 3.63) is 52.5 Å². The SMILES string of the molecule is C=CC(=O)/C=C/c1ccc(C)cc1Br. The molecule has 1 aromatic rings. The minimum absolute atomic E-state index is 0.0857. The van der Waals surface area contributed by atoms with Crippen molar-refractivity contribution >= 4 is 27.8 Å². The van der Waals surface area contributed by atoms with Gasteiger partial charge in [0.15, 0.2) is 5.78 Å². The highest BCUT2D eigenvalue weighted by Crippen LogP contribution is 2.19. The second-order valence-corrected chi connectivity index (χ2v) is 3.82. The van der Waals surface area contributed by atoms with Crippen LogP contribution in [0.3, 0.4) is 0 Å². The molecular formula is C12H11BrO. The number of allylic oxidation sites excluding steroid dienone is 2. The number of benzene rings is 1. The van der Waals surface area contributed by atoms with Gasteiger partial charge in [-0.3, -0.25) is 4.79 Å². The fourth-order valence-corrected chi connectivity index (χ4v) is 1.63. The Morgan fingerprint density at radius 1 is 1.50 bits per heavy atom. The van der Waals surface area contributed by atoms with Crippen LogP contribution in [0.25, 0.3) is 6.08 Å². The molecule has 14 heavy (non-hydrogen) atoms. The van der Waals surface area contributed by atoms with Crippen LogP contribution in [-0.2, 0) is 4.79 Å². The zero-order valence-corrected chi connectivity index (χ0v) is 9.54. The molecule has 0 atom stereocenters. The molecule has 0 spiro atoms. The van der Waals surface area contributed by atoms with E-state index in [2.05, 4.69) is 22.5 Å². The molecule has 1 aromatic carbocycles. The third kappa shape index (κ3) is 2.96. The Bertz CT molecular complexity index is 391. The van der Waals surface area contributed by atoms with Crippen molar-refractivity contribution in [1.82, 2.24) is 0 Å². The predicted molar refractivity (Wildman–Crippen MR) is 63.1 cm³/mol. The van der Waals surface area contributed by atoms with Gasteiger partial charge in [0.05, 0.1) is 0 Å². The van der Waals surface area contributed by atoms with Gasteiger partial charge in [-0.1, -0.05) is 34.6 Å². The van der Waals surface area contributed by atoms with E-state index in [-0.39, 0.29) is 5.78 Å². The molecular weight excluding hydrogens is 240 g/mol. The van der Waals surface area contributed by atoms with Crippen molar-refractivity contribution in [2.75, 3.05) is 0 Å². The molecule has 0 aliphatic rings. The van der Waals surface area contributed by atoms with E-state index < -0.39 is 0 Å².